The van der Waals surface area contributed by atoms with Crippen LogP contribution in [0.1, 0.15) is 37.6 Å². The number of nitrogens with zero attached hydrogens (tertiary/aromatic N) is 1. The molecule has 4 nitrogen and oxygen atoms in total. The topological polar surface area (TPSA) is 58.4 Å². The number of likely N-dealkylation sites (tertiary alicyclic amines) is 1. The molecule has 2 amide bonds. The molecule has 2 rings (SSSR count). The van der Waals surface area contributed by atoms with Gasteiger partial charge in [-0.2, -0.15) is 0 Å². The third kappa shape index (κ3) is 3.70. The molecule has 1 fully saturated rings. The zero-order valence-corrected chi connectivity index (χ0v) is 12.5. The number of urea groups is 1. The molecule has 0 aromatic carbocycles. The number of piperidine rings is 1. The van der Waals surface area contributed by atoms with Crippen LogP contribution in [0.15, 0.2) is 17.5 Å². The average molecular weight is 281 g/mol. The number of primary amides is 1. The third-order valence-corrected chi connectivity index (χ3v) is 4.69. The molecule has 1 saturated heterocycles. The van der Waals surface area contributed by atoms with Crippen molar-refractivity contribution in [1.82, 2.24) is 10.2 Å². The normalized spacial score (nSPS) is 18.8. The van der Waals surface area contributed by atoms with Crippen LogP contribution in [0, 0.1) is 5.92 Å². The average Bonchev–Trinajstić information content (AvgIpc) is 2.89. The van der Waals surface area contributed by atoms with Crippen LogP contribution in [-0.4, -0.2) is 30.1 Å². The van der Waals surface area contributed by atoms with Crippen molar-refractivity contribution in [3.05, 3.63) is 22.4 Å². The van der Waals surface area contributed by atoms with Crippen molar-refractivity contribution < 1.29 is 4.79 Å². The summed E-state index contributed by atoms with van der Waals surface area (Å²) in [7, 11) is 0. The van der Waals surface area contributed by atoms with Gasteiger partial charge in [-0.3, -0.25) is 0 Å². The Morgan fingerprint density at radius 2 is 2.16 bits per heavy atom. The second kappa shape index (κ2) is 6.39. The molecule has 1 unspecified atom stereocenters. The molecule has 5 heteroatoms. The number of carbonyl (C=O) groups excluding carboxylic acids is 1. The van der Waals surface area contributed by atoms with Crippen LogP contribution in [0.25, 0.3) is 0 Å². The minimum absolute atomic E-state index is 0.294. The summed E-state index contributed by atoms with van der Waals surface area (Å²) >= 11 is 1.81. The number of amides is 2. The van der Waals surface area contributed by atoms with E-state index in [0.29, 0.717) is 18.0 Å². The van der Waals surface area contributed by atoms with E-state index in [1.54, 1.807) is 16.2 Å². The predicted octanol–water partition coefficient (Wildman–Crippen LogP) is 2.58. The largest absolute Gasteiger partial charge is 0.351 e. The zero-order chi connectivity index (χ0) is 13.8. The lowest BCUT2D eigenvalue weighted by molar-refractivity contribution is 0.179. The quantitative estimate of drug-likeness (QED) is 0.891. The van der Waals surface area contributed by atoms with Gasteiger partial charge in [0.2, 0.25) is 0 Å². The number of nitrogens with two attached hydrogens (primary N) is 1. The summed E-state index contributed by atoms with van der Waals surface area (Å²) in [6, 6.07) is 4.89. The van der Waals surface area contributed by atoms with E-state index < -0.39 is 0 Å². The standard InChI is InChI=1S/C14H23N3OS/c1-10(2)13(12-4-3-9-19-12)16-11-5-7-17(8-6-11)14(15)18/h3-4,9-11,13,16H,5-8H2,1-2H3,(H2,15,18). The monoisotopic (exact) mass is 281 g/mol. The summed E-state index contributed by atoms with van der Waals surface area (Å²) in [5, 5.41) is 5.88. The fourth-order valence-electron chi connectivity index (χ4n) is 2.59. The van der Waals surface area contributed by atoms with Crippen LogP contribution in [-0.2, 0) is 0 Å². The van der Waals surface area contributed by atoms with Gasteiger partial charge in [-0.1, -0.05) is 19.9 Å². The van der Waals surface area contributed by atoms with Crippen LogP contribution in [0.2, 0.25) is 0 Å². The summed E-state index contributed by atoms with van der Waals surface area (Å²) in [6.45, 7) is 6.02. The molecule has 0 spiro atoms. The van der Waals surface area contributed by atoms with Crippen molar-refractivity contribution >= 4 is 17.4 Å². The maximum atomic E-state index is 11.1. The van der Waals surface area contributed by atoms with E-state index in [1.165, 1.54) is 4.88 Å². The van der Waals surface area contributed by atoms with Crippen LogP contribution in [0.4, 0.5) is 4.79 Å². The molecule has 1 atom stereocenters. The Balaban J connectivity index is 1.91. The van der Waals surface area contributed by atoms with Gasteiger partial charge in [-0.15, -0.1) is 11.3 Å². The highest BCUT2D eigenvalue weighted by atomic mass is 32.1. The van der Waals surface area contributed by atoms with E-state index in [2.05, 4.69) is 36.7 Å². The Kier molecular flexibility index (Phi) is 4.82. The van der Waals surface area contributed by atoms with Crippen LogP contribution in [0.3, 0.4) is 0 Å². The summed E-state index contributed by atoms with van der Waals surface area (Å²) < 4.78 is 0. The van der Waals surface area contributed by atoms with Crippen LogP contribution in [0.5, 0.6) is 0 Å². The van der Waals surface area contributed by atoms with Gasteiger partial charge in [0.1, 0.15) is 0 Å². The van der Waals surface area contributed by atoms with Gasteiger partial charge in [0.25, 0.3) is 0 Å². The number of thiophene rings is 1. The lowest BCUT2D eigenvalue weighted by Crippen LogP contribution is -2.48. The molecular formula is C14H23N3OS. The molecule has 0 aliphatic carbocycles. The lowest BCUT2D eigenvalue weighted by Gasteiger charge is -2.34. The molecule has 0 radical (unpaired) electrons. The van der Waals surface area contributed by atoms with Crippen molar-refractivity contribution in [2.24, 2.45) is 11.7 Å². The number of carbonyl (C=O) groups is 1. The summed E-state index contributed by atoms with van der Waals surface area (Å²) in [5.74, 6) is 0.563. The van der Waals surface area contributed by atoms with Crippen LogP contribution >= 0.6 is 11.3 Å². The molecular weight excluding hydrogens is 258 g/mol. The van der Waals surface area contributed by atoms with E-state index in [9.17, 15) is 4.79 Å². The fraction of sp³-hybridized carbons (Fsp3) is 0.643. The Bertz CT molecular complexity index is 397. The highest BCUT2D eigenvalue weighted by molar-refractivity contribution is 7.10. The van der Waals surface area contributed by atoms with Crippen molar-refractivity contribution in [2.75, 3.05) is 13.1 Å². The van der Waals surface area contributed by atoms with Crippen molar-refractivity contribution in [3.63, 3.8) is 0 Å². The molecule has 2 heterocycles. The van der Waals surface area contributed by atoms with Gasteiger partial charge in [-0.05, 0) is 30.2 Å². The van der Waals surface area contributed by atoms with Gasteiger partial charge in [0, 0.05) is 30.1 Å². The first kappa shape index (κ1) is 14.3. The van der Waals surface area contributed by atoms with E-state index in [0.717, 1.165) is 25.9 Å². The minimum atomic E-state index is -0.294. The highest BCUT2D eigenvalue weighted by Crippen LogP contribution is 2.27. The fourth-order valence-corrected chi connectivity index (χ4v) is 3.55. The van der Waals surface area contributed by atoms with Crippen molar-refractivity contribution in [1.29, 1.82) is 0 Å². The van der Waals surface area contributed by atoms with Gasteiger partial charge in [0.05, 0.1) is 0 Å². The third-order valence-electron chi connectivity index (χ3n) is 3.74. The SMILES string of the molecule is CC(C)C(NC1CCN(C(N)=O)CC1)c1cccs1. The summed E-state index contributed by atoms with van der Waals surface area (Å²) in [6.07, 6.45) is 1.97. The number of hydrogen-bond acceptors (Lipinski definition) is 3. The van der Waals surface area contributed by atoms with E-state index in [1.807, 2.05) is 0 Å². The summed E-state index contributed by atoms with van der Waals surface area (Å²) in [4.78, 5) is 14.2. The Morgan fingerprint density at radius 3 is 2.63 bits per heavy atom. The molecule has 19 heavy (non-hydrogen) atoms. The van der Waals surface area contributed by atoms with Gasteiger partial charge >= 0.3 is 6.03 Å². The minimum Gasteiger partial charge on any atom is -0.351 e. The number of rotatable bonds is 4. The molecule has 0 saturated carbocycles. The van der Waals surface area contributed by atoms with Gasteiger partial charge < -0.3 is 16.0 Å². The molecule has 1 aromatic rings. The maximum Gasteiger partial charge on any atom is 0.314 e. The zero-order valence-electron chi connectivity index (χ0n) is 11.6. The first-order valence-electron chi connectivity index (χ1n) is 6.91. The highest BCUT2D eigenvalue weighted by Gasteiger charge is 2.25. The first-order valence-corrected chi connectivity index (χ1v) is 7.79. The predicted molar refractivity (Wildman–Crippen MR) is 79.2 cm³/mol. The molecule has 1 aromatic heterocycles. The summed E-state index contributed by atoms with van der Waals surface area (Å²) in [5.41, 5.74) is 5.31. The molecule has 1 aliphatic rings. The van der Waals surface area contributed by atoms with Gasteiger partial charge in [-0.25, -0.2) is 4.79 Å². The van der Waals surface area contributed by atoms with Crippen LogP contribution < -0.4 is 11.1 Å². The molecule has 1 aliphatic heterocycles. The Hall–Kier alpha value is -1.07. The van der Waals surface area contributed by atoms with Crippen molar-refractivity contribution in [3.8, 4) is 0 Å². The first-order chi connectivity index (χ1) is 9.08. The maximum absolute atomic E-state index is 11.1. The smallest absolute Gasteiger partial charge is 0.314 e. The van der Waals surface area contributed by atoms with E-state index in [-0.39, 0.29) is 6.03 Å². The van der Waals surface area contributed by atoms with E-state index >= 15 is 0 Å². The molecule has 106 valence electrons. The molecule has 0 bridgehead atoms. The Labute approximate surface area is 119 Å². The number of nitrogens with one attached hydrogen (secondary N) is 1. The van der Waals surface area contributed by atoms with Crippen molar-refractivity contribution in [2.45, 2.75) is 38.8 Å². The number of hydrogen-bond donors (Lipinski definition) is 2. The van der Waals surface area contributed by atoms with Gasteiger partial charge in [0.15, 0.2) is 0 Å². The second-order valence-corrected chi connectivity index (χ2v) is 6.48. The second-order valence-electron chi connectivity index (χ2n) is 5.50. The Morgan fingerprint density at radius 1 is 1.47 bits per heavy atom. The lowest BCUT2D eigenvalue weighted by atomic mass is 9.98. The molecule has 3 N–H and O–H groups in total. The van der Waals surface area contributed by atoms with E-state index in [4.69, 9.17) is 5.73 Å².